The van der Waals surface area contributed by atoms with Crippen LogP contribution in [0.5, 0.6) is 0 Å². The van der Waals surface area contributed by atoms with Crippen molar-refractivity contribution in [3.63, 3.8) is 0 Å². The summed E-state index contributed by atoms with van der Waals surface area (Å²) >= 11 is 0. The summed E-state index contributed by atoms with van der Waals surface area (Å²) in [7, 11) is 1.64. The van der Waals surface area contributed by atoms with Crippen LogP contribution in [-0.2, 0) is 11.3 Å². The zero-order valence-electron chi connectivity index (χ0n) is 17.1. The molecule has 4 aromatic rings. The monoisotopic (exact) mass is 417 g/mol. The second kappa shape index (κ2) is 8.49. The largest absolute Gasteiger partial charge is 0.380 e. The van der Waals surface area contributed by atoms with Crippen molar-refractivity contribution in [2.75, 3.05) is 7.11 Å². The van der Waals surface area contributed by atoms with Gasteiger partial charge in [-0.1, -0.05) is 41.6 Å². The maximum Gasteiger partial charge on any atom is 0.258 e. The molecule has 0 unspecified atom stereocenters. The van der Waals surface area contributed by atoms with E-state index < -0.39 is 11.7 Å². The number of benzene rings is 3. The van der Waals surface area contributed by atoms with Crippen LogP contribution in [0.25, 0.3) is 34.0 Å². The SMILES string of the molecule is COCc1cc(-c2nc(-c3ccc(C(N)=O)c(F)c3)no2)ccc1-c1ccccc1C. The number of nitrogens with two attached hydrogens (primary N) is 1. The summed E-state index contributed by atoms with van der Waals surface area (Å²) in [4.78, 5) is 15.6. The van der Waals surface area contributed by atoms with Crippen LogP contribution in [0.4, 0.5) is 4.39 Å². The van der Waals surface area contributed by atoms with Crippen molar-refractivity contribution in [3.05, 3.63) is 83.2 Å². The van der Waals surface area contributed by atoms with Crippen molar-refractivity contribution in [2.24, 2.45) is 5.73 Å². The summed E-state index contributed by atoms with van der Waals surface area (Å²) in [6.45, 7) is 2.48. The molecule has 0 bridgehead atoms. The molecule has 0 aliphatic carbocycles. The molecule has 0 aliphatic rings. The average Bonchev–Trinajstić information content (AvgIpc) is 3.24. The Labute approximate surface area is 178 Å². The van der Waals surface area contributed by atoms with Crippen LogP contribution >= 0.6 is 0 Å². The lowest BCUT2D eigenvalue weighted by atomic mass is 9.94. The lowest BCUT2D eigenvalue weighted by Crippen LogP contribution is -2.12. The molecule has 0 spiro atoms. The summed E-state index contributed by atoms with van der Waals surface area (Å²) in [5.41, 5.74) is 10.4. The molecule has 2 N–H and O–H groups in total. The molecule has 3 aromatic carbocycles. The first-order chi connectivity index (χ1) is 15.0. The molecule has 31 heavy (non-hydrogen) atoms. The minimum Gasteiger partial charge on any atom is -0.380 e. The maximum atomic E-state index is 14.1. The number of aryl methyl sites for hydroxylation is 1. The van der Waals surface area contributed by atoms with Crippen molar-refractivity contribution in [2.45, 2.75) is 13.5 Å². The van der Waals surface area contributed by atoms with Gasteiger partial charge in [0.1, 0.15) is 5.82 Å². The highest BCUT2D eigenvalue weighted by atomic mass is 19.1. The number of methoxy groups -OCH3 is 1. The molecule has 1 heterocycles. The van der Waals surface area contributed by atoms with Crippen molar-refractivity contribution >= 4 is 5.91 Å². The van der Waals surface area contributed by atoms with Gasteiger partial charge in [-0.05, 0) is 53.4 Å². The number of rotatable bonds is 6. The van der Waals surface area contributed by atoms with E-state index in [0.29, 0.717) is 18.1 Å². The normalized spacial score (nSPS) is 10.9. The highest BCUT2D eigenvalue weighted by Crippen LogP contribution is 2.31. The number of halogens is 1. The third-order valence-electron chi connectivity index (χ3n) is 5.01. The quantitative estimate of drug-likeness (QED) is 0.488. The number of hydrogen-bond acceptors (Lipinski definition) is 5. The molecule has 0 atom stereocenters. The fraction of sp³-hybridized carbons (Fsp3) is 0.125. The van der Waals surface area contributed by atoms with Gasteiger partial charge < -0.3 is 15.0 Å². The number of carbonyl (C=O) groups excluding carboxylic acids is 1. The van der Waals surface area contributed by atoms with Gasteiger partial charge in [0.15, 0.2) is 0 Å². The smallest absolute Gasteiger partial charge is 0.258 e. The van der Waals surface area contributed by atoms with Crippen LogP contribution in [0.3, 0.4) is 0 Å². The van der Waals surface area contributed by atoms with E-state index in [-0.39, 0.29) is 11.4 Å². The molecule has 0 aliphatic heterocycles. The average molecular weight is 417 g/mol. The van der Waals surface area contributed by atoms with Gasteiger partial charge in [-0.2, -0.15) is 4.98 Å². The number of nitrogens with zero attached hydrogens (tertiary/aromatic N) is 2. The summed E-state index contributed by atoms with van der Waals surface area (Å²) in [5, 5.41) is 3.95. The first-order valence-electron chi connectivity index (χ1n) is 9.59. The third kappa shape index (κ3) is 4.08. The Balaban J connectivity index is 1.70. The standard InChI is InChI=1S/C24H20FN3O3/c1-14-5-3-4-6-18(14)19-9-8-16(11-17(19)13-30-2)24-27-23(28-31-24)15-7-10-20(22(26)29)21(25)12-15/h3-12H,13H2,1-2H3,(H2,26,29). The van der Waals surface area contributed by atoms with Gasteiger partial charge in [-0.25, -0.2) is 4.39 Å². The van der Waals surface area contributed by atoms with Crippen molar-refractivity contribution < 1.29 is 18.4 Å². The van der Waals surface area contributed by atoms with Gasteiger partial charge in [-0.3, -0.25) is 4.79 Å². The van der Waals surface area contributed by atoms with Crippen LogP contribution in [0.1, 0.15) is 21.5 Å². The third-order valence-corrected chi connectivity index (χ3v) is 5.01. The van der Waals surface area contributed by atoms with Crippen LogP contribution in [-0.4, -0.2) is 23.2 Å². The Morgan fingerprint density at radius 3 is 2.55 bits per heavy atom. The van der Waals surface area contributed by atoms with E-state index >= 15 is 0 Å². The molecule has 0 saturated heterocycles. The molecule has 0 fully saturated rings. The van der Waals surface area contributed by atoms with E-state index in [4.69, 9.17) is 15.0 Å². The van der Waals surface area contributed by atoms with Crippen molar-refractivity contribution in [1.29, 1.82) is 0 Å². The lowest BCUT2D eigenvalue weighted by molar-refractivity contribution is 0.0996. The van der Waals surface area contributed by atoms with Crippen LogP contribution in [0.15, 0.2) is 65.2 Å². The first kappa shape index (κ1) is 20.4. The second-order valence-corrected chi connectivity index (χ2v) is 7.10. The summed E-state index contributed by atoms with van der Waals surface area (Å²) in [5.74, 6) is -1.07. The van der Waals surface area contributed by atoms with Crippen molar-refractivity contribution in [1.82, 2.24) is 10.1 Å². The molecule has 7 heteroatoms. The van der Waals surface area contributed by atoms with Gasteiger partial charge in [0.2, 0.25) is 5.82 Å². The number of aromatic nitrogens is 2. The minimum atomic E-state index is -0.836. The predicted octanol–water partition coefficient (Wildman–Crippen LogP) is 4.76. The number of carbonyl (C=O) groups is 1. The summed E-state index contributed by atoms with van der Waals surface area (Å²) in [6, 6.07) is 18.0. The molecule has 1 amide bonds. The van der Waals surface area contributed by atoms with Gasteiger partial charge in [0.05, 0.1) is 12.2 Å². The number of primary amides is 1. The Hall–Kier alpha value is -3.84. The predicted molar refractivity (Wildman–Crippen MR) is 115 cm³/mol. The second-order valence-electron chi connectivity index (χ2n) is 7.10. The molecule has 0 saturated carbocycles. The van der Waals surface area contributed by atoms with E-state index in [1.807, 2.05) is 30.3 Å². The molecular weight excluding hydrogens is 397 g/mol. The van der Waals surface area contributed by atoms with E-state index in [1.54, 1.807) is 7.11 Å². The Morgan fingerprint density at radius 1 is 1.06 bits per heavy atom. The molecule has 4 rings (SSSR count). The van der Waals surface area contributed by atoms with Crippen molar-refractivity contribution in [3.8, 4) is 34.0 Å². The van der Waals surface area contributed by atoms with Gasteiger partial charge in [-0.15, -0.1) is 0 Å². The zero-order valence-corrected chi connectivity index (χ0v) is 17.1. The van der Waals surface area contributed by atoms with Crippen LogP contribution in [0.2, 0.25) is 0 Å². The van der Waals surface area contributed by atoms with E-state index in [9.17, 15) is 9.18 Å². The van der Waals surface area contributed by atoms with E-state index in [1.165, 1.54) is 12.1 Å². The fourth-order valence-electron chi connectivity index (χ4n) is 3.45. The highest BCUT2D eigenvalue weighted by Gasteiger charge is 2.16. The summed E-state index contributed by atoms with van der Waals surface area (Å²) < 4.78 is 24.9. The first-order valence-corrected chi connectivity index (χ1v) is 9.59. The topological polar surface area (TPSA) is 91.2 Å². The minimum absolute atomic E-state index is 0.191. The number of amides is 1. The van der Waals surface area contributed by atoms with Gasteiger partial charge in [0.25, 0.3) is 11.8 Å². The van der Waals surface area contributed by atoms with Gasteiger partial charge in [0, 0.05) is 18.2 Å². The molecule has 1 aromatic heterocycles. The Bertz CT molecular complexity index is 1270. The highest BCUT2D eigenvalue weighted by molar-refractivity contribution is 5.93. The lowest BCUT2D eigenvalue weighted by Gasteiger charge is -2.12. The molecule has 0 radical (unpaired) electrons. The van der Waals surface area contributed by atoms with Gasteiger partial charge >= 0.3 is 0 Å². The fourth-order valence-corrected chi connectivity index (χ4v) is 3.45. The summed E-state index contributed by atoms with van der Waals surface area (Å²) in [6.07, 6.45) is 0. The molecule has 156 valence electrons. The Kier molecular flexibility index (Phi) is 5.60. The molecule has 6 nitrogen and oxygen atoms in total. The van der Waals surface area contributed by atoms with Crippen LogP contribution in [0, 0.1) is 12.7 Å². The zero-order chi connectivity index (χ0) is 22.0. The van der Waals surface area contributed by atoms with Crippen LogP contribution < -0.4 is 5.73 Å². The number of ether oxygens (including phenoxy) is 1. The molecular formula is C24H20FN3O3. The Morgan fingerprint density at radius 2 is 1.84 bits per heavy atom. The van der Waals surface area contributed by atoms with E-state index in [0.717, 1.165) is 33.9 Å². The maximum absolute atomic E-state index is 14.1. The van der Waals surface area contributed by atoms with E-state index in [2.05, 4.69) is 29.2 Å². The number of hydrogen-bond donors (Lipinski definition) is 1.